The van der Waals surface area contributed by atoms with Crippen molar-refractivity contribution in [2.75, 3.05) is 33.4 Å². The number of morpholine rings is 1. The van der Waals surface area contributed by atoms with Gasteiger partial charge in [-0.2, -0.15) is 0 Å². The van der Waals surface area contributed by atoms with Crippen molar-refractivity contribution in [1.29, 1.82) is 0 Å². The van der Waals surface area contributed by atoms with E-state index in [0.29, 0.717) is 18.9 Å². The van der Waals surface area contributed by atoms with Gasteiger partial charge in [0, 0.05) is 25.0 Å². The Kier molecular flexibility index (Phi) is 3.56. The van der Waals surface area contributed by atoms with Crippen molar-refractivity contribution in [1.82, 2.24) is 4.90 Å². The van der Waals surface area contributed by atoms with Gasteiger partial charge in [-0.3, -0.25) is 4.99 Å². The van der Waals surface area contributed by atoms with Crippen LogP contribution in [0, 0.1) is 0 Å². The molecule has 2 rings (SSSR count). The molecule has 2 aliphatic heterocycles. The van der Waals surface area contributed by atoms with Gasteiger partial charge < -0.3 is 14.4 Å². The number of carbonyl (C=O) groups excluding carboxylic acids is 1. The Bertz CT molecular complexity index is 330. The molecule has 0 unspecified atom stereocenters. The molecule has 88 valence electrons. The van der Waals surface area contributed by atoms with Crippen LogP contribution in [0.2, 0.25) is 0 Å². The third-order valence-electron chi connectivity index (χ3n) is 2.78. The van der Waals surface area contributed by atoms with Crippen LogP contribution in [0.3, 0.4) is 0 Å². The lowest BCUT2D eigenvalue weighted by atomic mass is 10.1. The number of esters is 1. The molecule has 2 aliphatic rings. The van der Waals surface area contributed by atoms with Gasteiger partial charge >= 0.3 is 5.97 Å². The topological polar surface area (TPSA) is 51.1 Å². The summed E-state index contributed by atoms with van der Waals surface area (Å²) in [6.07, 6.45) is 3.51. The van der Waals surface area contributed by atoms with Crippen molar-refractivity contribution < 1.29 is 14.3 Å². The summed E-state index contributed by atoms with van der Waals surface area (Å²) in [7, 11) is 1.39. The first-order valence-electron chi connectivity index (χ1n) is 5.49. The fraction of sp³-hybridized carbons (Fsp3) is 0.636. The van der Waals surface area contributed by atoms with Crippen molar-refractivity contribution >= 4 is 12.2 Å². The second-order valence-electron chi connectivity index (χ2n) is 3.74. The smallest absolute Gasteiger partial charge is 0.358 e. The SMILES string of the molecule is COC(=O)C1=C(N2CCOCC2)CCC=N1. The molecule has 0 aromatic rings. The summed E-state index contributed by atoms with van der Waals surface area (Å²) in [5, 5.41) is 0. The van der Waals surface area contributed by atoms with E-state index in [4.69, 9.17) is 9.47 Å². The molecule has 0 radical (unpaired) electrons. The van der Waals surface area contributed by atoms with E-state index >= 15 is 0 Å². The van der Waals surface area contributed by atoms with Gasteiger partial charge in [-0.05, 0) is 12.8 Å². The summed E-state index contributed by atoms with van der Waals surface area (Å²) in [5.41, 5.74) is 1.45. The number of nitrogens with zero attached hydrogens (tertiary/aromatic N) is 2. The molecule has 0 bridgehead atoms. The molecule has 0 aliphatic carbocycles. The Hall–Kier alpha value is -1.36. The number of rotatable bonds is 2. The number of hydrogen-bond donors (Lipinski definition) is 0. The number of allylic oxidation sites excluding steroid dienone is 1. The minimum Gasteiger partial charge on any atom is -0.464 e. The maximum atomic E-state index is 11.6. The van der Waals surface area contributed by atoms with Crippen LogP contribution in [0.15, 0.2) is 16.4 Å². The molecule has 0 aromatic heterocycles. The van der Waals surface area contributed by atoms with Crippen LogP contribution in [-0.4, -0.2) is 50.5 Å². The van der Waals surface area contributed by atoms with E-state index in [-0.39, 0.29) is 5.97 Å². The third-order valence-corrected chi connectivity index (χ3v) is 2.78. The molecule has 0 atom stereocenters. The summed E-state index contributed by atoms with van der Waals surface area (Å²) in [4.78, 5) is 17.9. The molecule has 5 nitrogen and oxygen atoms in total. The van der Waals surface area contributed by atoms with Crippen molar-refractivity contribution in [3.63, 3.8) is 0 Å². The normalized spacial score (nSPS) is 21.2. The summed E-state index contributed by atoms with van der Waals surface area (Å²) in [5.74, 6) is -0.350. The predicted octanol–water partition coefficient (Wildman–Crippen LogP) is 0.568. The summed E-state index contributed by atoms with van der Waals surface area (Å²) >= 11 is 0. The Labute approximate surface area is 94.7 Å². The van der Waals surface area contributed by atoms with Gasteiger partial charge in [-0.15, -0.1) is 0 Å². The van der Waals surface area contributed by atoms with Crippen molar-refractivity contribution in [2.24, 2.45) is 4.99 Å². The molecule has 0 N–H and O–H groups in total. The quantitative estimate of drug-likeness (QED) is 0.643. The van der Waals surface area contributed by atoms with E-state index < -0.39 is 0 Å². The minimum atomic E-state index is -0.350. The fourth-order valence-corrected chi connectivity index (χ4v) is 1.96. The standard InChI is InChI=1S/C11H16N2O3/c1-15-11(14)10-9(3-2-4-12-10)13-5-7-16-8-6-13/h4H,2-3,5-8H2,1H3. The van der Waals surface area contributed by atoms with Crippen molar-refractivity contribution in [3.05, 3.63) is 11.4 Å². The van der Waals surface area contributed by atoms with Crippen LogP contribution in [0.5, 0.6) is 0 Å². The molecule has 0 saturated carbocycles. The van der Waals surface area contributed by atoms with E-state index in [0.717, 1.165) is 31.6 Å². The lowest BCUT2D eigenvalue weighted by Crippen LogP contribution is -2.37. The van der Waals surface area contributed by atoms with E-state index in [1.165, 1.54) is 7.11 Å². The zero-order chi connectivity index (χ0) is 11.4. The van der Waals surface area contributed by atoms with Crippen LogP contribution in [0.25, 0.3) is 0 Å². The van der Waals surface area contributed by atoms with Gasteiger partial charge in [0.1, 0.15) is 0 Å². The van der Waals surface area contributed by atoms with Crippen LogP contribution in [0.4, 0.5) is 0 Å². The Balaban J connectivity index is 2.21. The fourth-order valence-electron chi connectivity index (χ4n) is 1.96. The highest BCUT2D eigenvalue weighted by Gasteiger charge is 2.23. The van der Waals surface area contributed by atoms with Crippen LogP contribution in [0.1, 0.15) is 12.8 Å². The molecule has 1 saturated heterocycles. The monoisotopic (exact) mass is 224 g/mol. The van der Waals surface area contributed by atoms with Gasteiger partial charge in [-0.1, -0.05) is 0 Å². The Morgan fingerprint density at radius 1 is 1.50 bits per heavy atom. The molecule has 5 heteroatoms. The van der Waals surface area contributed by atoms with E-state index in [1.807, 2.05) is 0 Å². The second-order valence-corrected chi connectivity index (χ2v) is 3.74. The number of aliphatic imine (C=N–C) groups is 1. The molecule has 1 fully saturated rings. The van der Waals surface area contributed by atoms with E-state index in [9.17, 15) is 4.79 Å². The molecular weight excluding hydrogens is 208 g/mol. The highest BCUT2D eigenvalue weighted by atomic mass is 16.5. The highest BCUT2D eigenvalue weighted by Crippen LogP contribution is 2.22. The van der Waals surface area contributed by atoms with Crippen LogP contribution in [-0.2, 0) is 14.3 Å². The lowest BCUT2D eigenvalue weighted by Gasteiger charge is -2.32. The van der Waals surface area contributed by atoms with Crippen LogP contribution >= 0.6 is 0 Å². The van der Waals surface area contributed by atoms with Gasteiger partial charge in [0.15, 0.2) is 5.70 Å². The molecule has 0 aromatic carbocycles. The number of ether oxygens (including phenoxy) is 2. The summed E-state index contributed by atoms with van der Waals surface area (Å²) < 4.78 is 10.0. The van der Waals surface area contributed by atoms with Crippen LogP contribution < -0.4 is 0 Å². The molecular formula is C11H16N2O3. The Morgan fingerprint density at radius 2 is 2.25 bits per heavy atom. The zero-order valence-corrected chi connectivity index (χ0v) is 9.44. The minimum absolute atomic E-state index is 0.350. The predicted molar refractivity (Wildman–Crippen MR) is 59.2 cm³/mol. The lowest BCUT2D eigenvalue weighted by molar-refractivity contribution is -0.136. The van der Waals surface area contributed by atoms with Crippen molar-refractivity contribution in [2.45, 2.75) is 12.8 Å². The molecule has 0 amide bonds. The maximum Gasteiger partial charge on any atom is 0.358 e. The largest absolute Gasteiger partial charge is 0.464 e. The van der Waals surface area contributed by atoms with Gasteiger partial charge in [-0.25, -0.2) is 4.79 Å². The van der Waals surface area contributed by atoms with Gasteiger partial charge in [0.05, 0.1) is 20.3 Å². The van der Waals surface area contributed by atoms with E-state index in [1.54, 1.807) is 6.21 Å². The maximum absolute atomic E-state index is 11.6. The first-order chi connectivity index (χ1) is 7.83. The molecule has 0 spiro atoms. The summed E-state index contributed by atoms with van der Waals surface area (Å²) in [6, 6.07) is 0. The molecule has 16 heavy (non-hydrogen) atoms. The van der Waals surface area contributed by atoms with Gasteiger partial charge in [0.25, 0.3) is 0 Å². The second kappa shape index (κ2) is 5.12. The number of hydrogen-bond acceptors (Lipinski definition) is 5. The zero-order valence-electron chi connectivity index (χ0n) is 9.44. The first kappa shape index (κ1) is 11.1. The first-order valence-corrected chi connectivity index (χ1v) is 5.49. The van der Waals surface area contributed by atoms with E-state index in [2.05, 4.69) is 9.89 Å². The number of carbonyl (C=O) groups is 1. The Morgan fingerprint density at radius 3 is 2.94 bits per heavy atom. The average molecular weight is 224 g/mol. The van der Waals surface area contributed by atoms with Gasteiger partial charge in [0.2, 0.25) is 0 Å². The summed E-state index contributed by atoms with van der Waals surface area (Å²) in [6.45, 7) is 3.07. The highest BCUT2D eigenvalue weighted by molar-refractivity contribution is 5.91. The van der Waals surface area contributed by atoms with Crippen molar-refractivity contribution in [3.8, 4) is 0 Å². The number of methoxy groups -OCH3 is 1. The average Bonchev–Trinajstić information content (AvgIpc) is 2.39. The third kappa shape index (κ3) is 2.24. The molecule has 2 heterocycles.